The van der Waals surface area contributed by atoms with Crippen LogP contribution < -0.4 is 0 Å². The van der Waals surface area contributed by atoms with Gasteiger partial charge in [-0.25, -0.2) is 0 Å². The number of hydrogen-bond acceptors (Lipinski definition) is 4. The molecule has 1 aliphatic heterocycles. The Hall–Kier alpha value is -2.07. The van der Waals surface area contributed by atoms with Crippen LogP contribution in [0.15, 0.2) is 48.3 Å². The number of rotatable bonds is 1. The van der Waals surface area contributed by atoms with Crippen molar-refractivity contribution in [3.05, 3.63) is 53.8 Å². The number of aliphatic hydroxyl groups is 1. The predicted molar refractivity (Wildman–Crippen MR) is 68.3 cm³/mol. The fourth-order valence-corrected chi connectivity index (χ4v) is 2.51. The van der Waals surface area contributed by atoms with Crippen molar-refractivity contribution in [2.75, 3.05) is 0 Å². The molecule has 2 N–H and O–H groups in total. The molecule has 4 nitrogen and oxygen atoms in total. The summed E-state index contributed by atoms with van der Waals surface area (Å²) in [6.07, 6.45) is 4.10. The van der Waals surface area contributed by atoms with Crippen LogP contribution in [0, 0.1) is 5.92 Å². The number of aromatic hydroxyl groups is 1. The van der Waals surface area contributed by atoms with Crippen molar-refractivity contribution in [1.82, 2.24) is 0 Å². The second-order valence-electron chi connectivity index (χ2n) is 4.77. The van der Waals surface area contributed by atoms with Gasteiger partial charge in [0, 0.05) is 0 Å². The van der Waals surface area contributed by atoms with Gasteiger partial charge in [0.1, 0.15) is 11.5 Å². The van der Waals surface area contributed by atoms with Gasteiger partial charge in [0.05, 0.1) is 5.92 Å². The highest BCUT2D eigenvalue weighted by Crippen LogP contribution is 2.38. The van der Waals surface area contributed by atoms with Gasteiger partial charge in [0.25, 0.3) is 0 Å². The lowest BCUT2D eigenvalue weighted by atomic mass is 9.85. The first-order chi connectivity index (χ1) is 9.16. The van der Waals surface area contributed by atoms with E-state index < -0.39 is 12.2 Å². The lowest BCUT2D eigenvalue weighted by Crippen LogP contribution is -2.41. The van der Waals surface area contributed by atoms with Crippen molar-refractivity contribution in [3.63, 3.8) is 0 Å². The number of carbonyl (C=O) groups excluding carboxylic acids is 1. The summed E-state index contributed by atoms with van der Waals surface area (Å²) in [5.74, 6) is 0.0651. The Balaban J connectivity index is 1.96. The van der Waals surface area contributed by atoms with Crippen molar-refractivity contribution in [2.24, 2.45) is 5.92 Å². The summed E-state index contributed by atoms with van der Waals surface area (Å²) in [5, 5.41) is 19.6. The van der Waals surface area contributed by atoms with Crippen LogP contribution in [-0.2, 0) is 9.53 Å². The maximum atomic E-state index is 12.2. The van der Waals surface area contributed by atoms with E-state index in [2.05, 4.69) is 0 Å². The average molecular weight is 258 g/mol. The predicted octanol–water partition coefficient (Wildman–Crippen LogP) is 1.85. The number of carbonyl (C=O) groups is 1. The number of benzene rings is 1. The van der Waals surface area contributed by atoms with Gasteiger partial charge < -0.3 is 14.9 Å². The van der Waals surface area contributed by atoms with Gasteiger partial charge in [-0.2, -0.15) is 0 Å². The molecule has 0 radical (unpaired) electrons. The minimum atomic E-state index is -1.20. The van der Waals surface area contributed by atoms with E-state index in [1.54, 1.807) is 18.2 Å². The summed E-state index contributed by atoms with van der Waals surface area (Å²) in [7, 11) is 0. The van der Waals surface area contributed by atoms with Crippen LogP contribution in [0.1, 0.15) is 18.1 Å². The SMILES string of the molecule is O=C1C2CC=CC=C2OC(c2cccc(O)c2)C1O. The van der Waals surface area contributed by atoms with E-state index in [-0.39, 0.29) is 17.5 Å². The Morgan fingerprint density at radius 1 is 1.32 bits per heavy atom. The molecule has 0 bridgehead atoms. The van der Waals surface area contributed by atoms with Crippen LogP contribution in [0.5, 0.6) is 5.75 Å². The fourth-order valence-electron chi connectivity index (χ4n) is 2.51. The summed E-state index contributed by atoms with van der Waals surface area (Å²) in [4.78, 5) is 12.2. The Labute approximate surface area is 110 Å². The van der Waals surface area contributed by atoms with E-state index >= 15 is 0 Å². The molecule has 1 aromatic carbocycles. The summed E-state index contributed by atoms with van der Waals surface area (Å²) in [5.41, 5.74) is 0.592. The number of ketones is 1. The molecular formula is C15H14O4. The van der Waals surface area contributed by atoms with Gasteiger partial charge in [-0.3, -0.25) is 4.79 Å². The van der Waals surface area contributed by atoms with Crippen LogP contribution in [0.4, 0.5) is 0 Å². The number of phenolic OH excluding ortho intramolecular Hbond substituents is 1. The molecular weight excluding hydrogens is 244 g/mol. The lowest BCUT2D eigenvalue weighted by molar-refractivity contribution is -0.147. The molecule has 98 valence electrons. The Morgan fingerprint density at radius 3 is 2.95 bits per heavy atom. The van der Waals surface area contributed by atoms with Crippen molar-refractivity contribution in [2.45, 2.75) is 18.6 Å². The largest absolute Gasteiger partial charge is 0.508 e. The molecule has 0 amide bonds. The third-order valence-electron chi connectivity index (χ3n) is 3.50. The van der Waals surface area contributed by atoms with Crippen molar-refractivity contribution >= 4 is 5.78 Å². The molecule has 3 atom stereocenters. The zero-order valence-electron chi connectivity index (χ0n) is 10.2. The molecule has 0 saturated carbocycles. The first-order valence-electron chi connectivity index (χ1n) is 6.21. The Bertz CT molecular complexity index is 573. The number of hydrogen-bond donors (Lipinski definition) is 2. The molecule has 3 rings (SSSR count). The molecule has 0 spiro atoms. The van der Waals surface area contributed by atoms with Gasteiger partial charge in [0.2, 0.25) is 0 Å². The molecule has 1 fully saturated rings. The minimum Gasteiger partial charge on any atom is -0.508 e. The third kappa shape index (κ3) is 2.04. The molecule has 1 saturated heterocycles. The van der Waals surface area contributed by atoms with Crippen LogP contribution in [0.2, 0.25) is 0 Å². The van der Waals surface area contributed by atoms with Crippen molar-refractivity contribution in [3.8, 4) is 5.75 Å². The molecule has 1 heterocycles. The van der Waals surface area contributed by atoms with E-state index in [0.29, 0.717) is 17.7 Å². The molecule has 1 aliphatic carbocycles. The number of allylic oxidation sites excluding steroid dienone is 4. The third-order valence-corrected chi connectivity index (χ3v) is 3.50. The topological polar surface area (TPSA) is 66.8 Å². The molecule has 0 aromatic heterocycles. The van der Waals surface area contributed by atoms with Crippen molar-refractivity contribution < 1.29 is 19.7 Å². The standard InChI is InChI=1S/C15H14O4/c16-10-5-3-4-9(8-10)15-14(18)13(17)11-6-1-2-7-12(11)19-15/h1-5,7-8,11,14-16,18H,6H2. The van der Waals surface area contributed by atoms with Crippen LogP contribution in [0.25, 0.3) is 0 Å². The Kier molecular flexibility index (Phi) is 2.87. The average Bonchev–Trinajstić information content (AvgIpc) is 2.43. The van der Waals surface area contributed by atoms with E-state index in [1.807, 2.05) is 12.2 Å². The molecule has 2 aliphatic rings. The summed E-state index contributed by atoms with van der Waals surface area (Å²) in [6, 6.07) is 6.42. The van der Waals surface area contributed by atoms with E-state index in [1.165, 1.54) is 12.1 Å². The first kappa shape index (κ1) is 12.0. The smallest absolute Gasteiger partial charge is 0.176 e. The highest BCUT2D eigenvalue weighted by atomic mass is 16.5. The van der Waals surface area contributed by atoms with Gasteiger partial charge in [-0.05, 0) is 30.2 Å². The van der Waals surface area contributed by atoms with Crippen molar-refractivity contribution in [1.29, 1.82) is 0 Å². The first-order valence-corrected chi connectivity index (χ1v) is 6.21. The number of ether oxygens (including phenoxy) is 1. The number of Topliss-reactive ketones (excluding diaryl/α,β-unsaturated/α-hetero) is 1. The van der Waals surface area contributed by atoms with Crippen LogP contribution in [0.3, 0.4) is 0 Å². The molecule has 19 heavy (non-hydrogen) atoms. The quantitative estimate of drug-likeness (QED) is 0.806. The second-order valence-corrected chi connectivity index (χ2v) is 4.77. The maximum Gasteiger partial charge on any atom is 0.176 e. The number of fused-ring (bicyclic) bond motifs is 1. The van der Waals surface area contributed by atoms with Gasteiger partial charge in [-0.1, -0.05) is 24.3 Å². The molecule has 1 aromatic rings. The van der Waals surface area contributed by atoms with Gasteiger partial charge >= 0.3 is 0 Å². The van der Waals surface area contributed by atoms with Gasteiger partial charge in [-0.15, -0.1) is 0 Å². The zero-order valence-corrected chi connectivity index (χ0v) is 10.2. The van der Waals surface area contributed by atoms with Crippen LogP contribution in [-0.4, -0.2) is 22.1 Å². The summed E-state index contributed by atoms with van der Waals surface area (Å²) < 4.78 is 5.74. The number of phenols is 1. The fraction of sp³-hybridized carbons (Fsp3) is 0.267. The van der Waals surface area contributed by atoms with Crippen LogP contribution >= 0.6 is 0 Å². The van der Waals surface area contributed by atoms with E-state index in [9.17, 15) is 15.0 Å². The highest BCUT2D eigenvalue weighted by Gasteiger charge is 2.42. The van der Waals surface area contributed by atoms with E-state index in [4.69, 9.17) is 4.74 Å². The minimum absolute atomic E-state index is 0.0837. The summed E-state index contributed by atoms with van der Waals surface area (Å²) >= 11 is 0. The zero-order chi connectivity index (χ0) is 13.4. The lowest BCUT2D eigenvalue weighted by Gasteiger charge is -2.35. The second kappa shape index (κ2) is 4.55. The number of aliphatic hydroxyl groups excluding tert-OH is 1. The molecule has 4 heteroatoms. The Morgan fingerprint density at radius 2 is 2.16 bits per heavy atom. The highest BCUT2D eigenvalue weighted by molar-refractivity contribution is 5.89. The van der Waals surface area contributed by atoms with Gasteiger partial charge in [0.15, 0.2) is 18.0 Å². The normalized spacial score (nSPS) is 29.4. The monoisotopic (exact) mass is 258 g/mol. The summed E-state index contributed by atoms with van der Waals surface area (Å²) in [6.45, 7) is 0. The van der Waals surface area contributed by atoms with E-state index in [0.717, 1.165) is 0 Å². The maximum absolute atomic E-state index is 12.2. The molecule has 3 unspecified atom stereocenters.